The number of halogens is 3. The van der Waals surface area contributed by atoms with Crippen LogP contribution in [0.2, 0.25) is 0 Å². The van der Waals surface area contributed by atoms with Gasteiger partial charge in [-0.05, 0) is 36.3 Å². The molecule has 0 aromatic heterocycles. The molecule has 138 valence electrons. The maximum absolute atomic E-state index is 11.9. The van der Waals surface area contributed by atoms with Gasteiger partial charge >= 0.3 is 5.97 Å². The summed E-state index contributed by atoms with van der Waals surface area (Å²) in [5.74, 6) is -1.22. The van der Waals surface area contributed by atoms with Crippen LogP contribution in [0.5, 0.6) is 0 Å². The zero-order valence-corrected chi connectivity index (χ0v) is 16.6. The fraction of sp³-hybridized carbons (Fsp3) is 0.400. The SMILES string of the molecule is CC(C)CC(=O)N[C@@H](NC(=S)Nc1cccc(C(=O)O)c1)C(Cl)(Cl)Cl. The fourth-order valence-electron chi connectivity index (χ4n) is 1.82. The van der Waals surface area contributed by atoms with E-state index in [1.165, 1.54) is 12.1 Å². The lowest BCUT2D eigenvalue weighted by Crippen LogP contribution is -2.56. The van der Waals surface area contributed by atoms with Crippen molar-refractivity contribution in [2.24, 2.45) is 5.92 Å². The Labute approximate surface area is 166 Å². The quantitative estimate of drug-likeness (QED) is 0.316. The molecule has 0 radical (unpaired) electrons. The number of thiocarbonyl (C=S) groups is 1. The van der Waals surface area contributed by atoms with E-state index in [1.807, 2.05) is 13.8 Å². The smallest absolute Gasteiger partial charge is 0.335 e. The number of hydrogen-bond donors (Lipinski definition) is 4. The molecule has 0 saturated carbocycles. The van der Waals surface area contributed by atoms with E-state index in [2.05, 4.69) is 16.0 Å². The molecule has 0 bridgehead atoms. The summed E-state index contributed by atoms with van der Waals surface area (Å²) >= 11 is 22.8. The van der Waals surface area contributed by atoms with Crippen LogP contribution in [-0.4, -0.2) is 32.1 Å². The largest absolute Gasteiger partial charge is 0.478 e. The lowest BCUT2D eigenvalue weighted by atomic mass is 10.1. The maximum atomic E-state index is 11.9. The summed E-state index contributed by atoms with van der Waals surface area (Å²) in [6.45, 7) is 3.78. The van der Waals surface area contributed by atoms with E-state index in [9.17, 15) is 9.59 Å². The first kappa shape index (κ1) is 21.8. The van der Waals surface area contributed by atoms with Crippen LogP contribution in [0.25, 0.3) is 0 Å². The first-order valence-corrected chi connectivity index (χ1v) is 8.80. The van der Waals surface area contributed by atoms with Crippen molar-refractivity contribution < 1.29 is 14.7 Å². The molecular weight excluding hydrogens is 409 g/mol. The van der Waals surface area contributed by atoms with Crippen molar-refractivity contribution in [2.75, 3.05) is 5.32 Å². The Balaban J connectivity index is 2.77. The molecule has 0 unspecified atom stereocenters. The van der Waals surface area contributed by atoms with Crippen LogP contribution >= 0.6 is 47.0 Å². The predicted molar refractivity (Wildman–Crippen MR) is 104 cm³/mol. The number of carbonyl (C=O) groups is 2. The summed E-state index contributed by atoms with van der Waals surface area (Å²) in [5, 5.41) is 17.1. The molecule has 25 heavy (non-hydrogen) atoms. The third-order valence-corrected chi connectivity index (χ3v) is 3.74. The van der Waals surface area contributed by atoms with Crippen LogP contribution in [0.3, 0.4) is 0 Å². The van der Waals surface area contributed by atoms with Gasteiger partial charge in [0.2, 0.25) is 9.70 Å². The van der Waals surface area contributed by atoms with Gasteiger partial charge in [0.05, 0.1) is 5.56 Å². The van der Waals surface area contributed by atoms with E-state index in [4.69, 9.17) is 52.1 Å². The Bertz CT molecular complexity index is 650. The van der Waals surface area contributed by atoms with Gasteiger partial charge in [-0.25, -0.2) is 4.79 Å². The fourth-order valence-corrected chi connectivity index (χ4v) is 2.38. The van der Waals surface area contributed by atoms with E-state index in [0.29, 0.717) is 5.69 Å². The molecular formula is C15H18Cl3N3O3S. The second kappa shape index (κ2) is 9.43. The van der Waals surface area contributed by atoms with Crippen LogP contribution in [0.4, 0.5) is 5.69 Å². The first-order valence-electron chi connectivity index (χ1n) is 7.26. The predicted octanol–water partition coefficient (Wildman–Crippen LogP) is 3.53. The summed E-state index contributed by atoms with van der Waals surface area (Å²) in [7, 11) is 0. The highest BCUT2D eigenvalue weighted by Crippen LogP contribution is 2.29. The number of carbonyl (C=O) groups excluding carboxylic acids is 1. The van der Waals surface area contributed by atoms with Gasteiger partial charge in [0.15, 0.2) is 5.11 Å². The van der Waals surface area contributed by atoms with Crippen molar-refractivity contribution in [3.05, 3.63) is 29.8 Å². The summed E-state index contributed by atoms with van der Waals surface area (Å²) in [6.07, 6.45) is -0.800. The Morgan fingerprint density at radius 3 is 2.40 bits per heavy atom. The van der Waals surface area contributed by atoms with Gasteiger partial charge in [-0.15, -0.1) is 0 Å². The molecule has 4 N–H and O–H groups in total. The third kappa shape index (κ3) is 8.09. The number of carboxylic acid groups (broad SMARTS) is 1. The monoisotopic (exact) mass is 425 g/mol. The van der Waals surface area contributed by atoms with E-state index < -0.39 is 15.9 Å². The number of anilines is 1. The Morgan fingerprint density at radius 1 is 1.24 bits per heavy atom. The first-order chi connectivity index (χ1) is 11.5. The zero-order chi connectivity index (χ0) is 19.2. The molecule has 1 amide bonds. The Hall–Kier alpha value is -1.28. The minimum absolute atomic E-state index is 0.0590. The molecule has 1 atom stereocenters. The topological polar surface area (TPSA) is 90.5 Å². The van der Waals surface area contributed by atoms with Gasteiger partial charge in [0.1, 0.15) is 6.17 Å². The summed E-state index contributed by atoms with van der Waals surface area (Å²) in [4.78, 5) is 22.9. The zero-order valence-electron chi connectivity index (χ0n) is 13.5. The Morgan fingerprint density at radius 2 is 1.88 bits per heavy atom. The number of rotatable bonds is 6. The minimum atomic E-state index is -1.85. The normalized spacial score (nSPS) is 12.4. The molecule has 1 aromatic rings. The summed E-state index contributed by atoms with van der Waals surface area (Å²) < 4.78 is -1.85. The van der Waals surface area contributed by atoms with Crippen molar-refractivity contribution >= 4 is 69.7 Å². The standard InChI is InChI=1S/C15H18Cl3N3O3S/c1-8(2)6-11(22)20-13(15(16,17)18)21-14(25)19-10-5-3-4-9(7-10)12(23)24/h3-5,7-8,13H,6H2,1-2H3,(H,20,22)(H,23,24)(H2,19,21,25)/t13-/m0/s1. The average Bonchev–Trinajstić information content (AvgIpc) is 2.44. The van der Waals surface area contributed by atoms with Crippen LogP contribution in [-0.2, 0) is 4.79 Å². The number of aromatic carboxylic acids is 1. The second-order valence-electron chi connectivity index (χ2n) is 5.62. The van der Waals surface area contributed by atoms with Gasteiger partial charge < -0.3 is 21.1 Å². The molecule has 0 aliphatic rings. The van der Waals surface area contributed by atoms with Crippen molar-refractivity contribution in [3.8, 4) is 0 Å². The van der Waals surface area contributed by atoms with Crippen LogP contribution in [0, 0.1) is 5.92 Å². The van der Waals surface area contributed by atoms with E-state index >= 15 is 0 Å². The highest BCUT2D eigenvalue weighted by atomic mass is 35.6. The number of alkyl halides is 3. The lowest BCUT2D eigenvalue weighted by molar-refractivity contribution is -0.122. The van der Waals surface area contributed by atoms with Crippen molar-refractivity contribution in [2.45, 2.75) is 30.2 Å². The summed E-state index contributed by atoms with van der Waals surface area (Å²) in [5.41, 5.74) is 0.532. The van der Waals surface area contributed by atoms with E-state index in [1.54, 1.807) is 12.1 Å². The highest BCUT2D eigenvalue weighted by Gasteiger charge is 2.34. The molecule has 0 aliphatic heterocycles. The van der Waals surface area contributed by atoms with Crippen molar-refractivity contribution in [1.82, 2.24) is 10.6 Å². The molecule has 0 aliphatic carbocycles. The van der Waals surface area contributed by atoms with E-state index in [0.717, 1.165) is 0 Å². The molecule has 0 heterocycles. The number of nitrogens with one attached hydrogen (secondary N) is 3. The molecule has 0 fully saturated rings. The number of carboxylic acids is 1. The van der Waals surface area contributed by atoms with Crippen LogP contribution < -0.4 is 16.0 Å². The average molecular weight is 427 g/mol. The van der Waals surface area contributed by atoms with Crippen LogP contribution in [0.1, 0.15) is 30.6 Å². The maximum Gasteiger partial charge on any atom is 0.335 e. The van der Waals surface area contributed by atoms with Gasteiger partial charge in [0, 0.05) is 12.1 Å². The molecule has 0 saturated heterocycles. The second-order valence-corrected chi connectivity index (χ2v) is 8.40. The Kier molecular flexibility index (Phi) is 8.21. The number of hydrogen-bond acceptors (Lipinski definition) is 3. The third-order valence-electron chi connectivity index (χ3n) is 2.87. The van der Waals surface area contributed by atoms with Gasteiger partial charge in [-0.1, -0.05) is 54.7 Å². The number of amides is 1. The van der Waals surface area contributed by atoms with Crippen LogP contribution in [0.15, 0.2) is 24.3 Å². The minimum Gasteiger partial charge on any atom is -0.478 e. The van der Waals surface area contributed by atoms with Gasteiger partial charge in [-0.3, -0.25) is 4.79 Å². The van der Waals surface area contributed by atoms with Gasteiger partial charge in [0.25, 0.3) is 0 Å². The summed E-state index contributed by atoms with van der Waals surface area (Å²) in [6, 6.07) is 6.03. The van der Waals surface area contributed by atoms with Crippen molar-refractivity contribution in [1.29, 1.82) is 0 Å². The molecule has 1 rings (SSSR count). The molecule has 10 heteroatoms. The highest BCUT2D eigenvalue weighted by molar-refractivity contribution is 7.80. The molecule has 0 spiro atoms. The number of benzene rings is 1. The lowest BCUT2D eigenvalue weighted by Gasteiger charge is -2.28. The molecule has 6 nitrogen and oxygen atoms in total. The van der Waals surface area contributed by atoms with Gasteiger partial charge in [-0.2, -0.15) is 0 Å². The van der Waals surface area contributed by atoms with Crippen molar-refractivity contribution in [3.63, 3.8) is 0 Å². The molecule has 1 aromatic carbocycles. The van der Waals surface area contributed by atoms with E-state index in [-0.39, 0.29) is 28.9 Å².